The maximum atomic E-state index is 12.0. The van der Waals surface area contributed by atoms with E-state index in [1.54, 1.807) is 24.1 Å². The summed E-state index contributed by atoms with van der Waals surface area (Å²) in [6.45, 7) is 2.19. The van der Waals surface area contributed by atoms with Gasteiger partial charge >= 0.3 is 5.97 Å². The molecule has 1 heterocycles. The molecule has 0 radical (unpaired) electrons. The molecule has 0 spiro atoms. The van der Waals surface area contributed by atoms with Gasteiger partial charge in [-0.05, 0) is 30.2 Å². The number of nitrogens with zero attached hydrogens (tertiary/aromatic N) is 1. The van der Waals surface area contributed by atoms with Crippen LogP contribution in [0.2, 0.25) is 0 Å². The normalized spacial score (nSPS) is 13.6. The Morgan fingerprint density at radius 3 is 2.86 bits per heavy atom. The number of fused-ring (bicyclic) bond motifs is 1. The number of ether oxygens (including phenoxy) is 2. The molecule has 2 rings (SSSR count). The highest BCUT2D eigenvalue weighted by molar-refractivity contribution is 6.02. The summed E-state index contributed by atoms with van der Waals surface area (Å²) >= 11 is 0. The predicted octanol–water partition coefficient (Wildman–Crippen LogP) is 1.33. The van der Waals surface area contributed by atoms with Crippen LogP contribution in [0.3, 0.4) is 0 Å². The summed E-state index contributed by atoms with van der Waals surface area (Å²) in [5.74, 6) is -1.00. The number of carboxylic acid groups (broad SMARTS) is 1. The fourth-order valence-electron chi connectivity index (χ4n) is 2.32. The van der Waals surface area contributed by atoms with Crippen molar-refractivity contribution in [2.45, 2.75) is 12.8 Å². The van der Waals surface area contributed by atoms with Crippen molar-refractivity contribution >= 4 is 17.6 Å². The third-order valence-electron chi connectivity index (χ3n) is 3.36. The van der Waals surface area contributed by atoms with Crippen LogP contribution in [0, 0.1) is 0 Å². The number of carbonyl (C=O) groups is 2. The van der Waals surface area contributed by atoms with Crippen molar-refractivity contribution in [3.63, 3.8) is 0 Å². The van der Waals surface area contributed by atoms with E-state index in [0.717, 1.165) is 17.7 Å². The number of rotatable bonds is 8. The second-order valence-corrected chi connectivity index (χ2v) is 4.83. The molecule has 1 amide bonds. The van der Waals surface area contributed by atoms with E-state index < -0.39 is 5.97 Å². The molecular weight excluding hydrogens is 274 g/mol. The highest BCUT2D eigenvalue weighted by Gasteiger charge is 2.27. The molecule has 21 heavy (non-hydrogen) atoms. The van der Waals surface area contributed by atoms with E-state index in [9.17, 15) is 9.59 Å². The highest BCUT2D eigenvalue weighted by Crippen LogP contribution is 2.29. The first-order chi connectivity index (χ1) is 10.1. The lowest BCUT2D eigenvalue weighted by molar-refractivity contribution is -0.117. The van der Waals surface area contributed by atoms with Crippen LogP contribution in [0.4, 0.5) is 5.69 Å². The number of carboxylic acids is 1. The average molecular weight is 293 g/mol. The van der Waals surface area contributed by atoms with E-state index >= 15 is 0 Å². The maximum absolute atomic E-state index is 12.0. The third kappa shape index (κ3) is 3.80. The number of methoxy groups -OCH3 is 1. The van der Waals surface area contributed by atoms with Crippen LogP contribution >= 0.6 is 0 Å². The van der Waals surface area contributed by atoms with Crippen LogP contribution in [0.15, 0.2) is 18.2 Å². The summed E-state index contributed by atoms with van der Waals surface area (Å²) in [6.07, 6.45) is 1.07. The van der Waals surface area contributed by atoms with Crippen molar-refractivity contribution in [2.24, 2.45) is 0 Å². The Labute approximate surface area is 123 Å². The van der Waals surface area contributed by atoms with Gasteiger partial charge in [0.1, 0.15) is 0 Å². The lowest BCUT2D eigenvalue weighted by atomic mass is 10.1. The van der Waals surface area contributed by atoms with Gasteiger partial charge in [0.05, 0.1) is 18.6 Å². The first-order valence-electron chi connectivity index (χ1n) is 6.86. The van der Waals surface area contributed by atoms with Crippen LogP contribution in [-0.4, -0.2) is 50.5 Å². The summed E-state index contributed by atoms with van der Waals surface area (Å²) in [5, 5.41) is 8.96. The van der Waals surface area contributed by atoms with Crippen molar-refractivity contribution in [3.05, 3.63) is 29.3 Å². The quantitative estimate of drug-likeness (QED) is 0.732. The van der Waals surface area contributed by atoms with Gasteiger partial charge < -0.3 is 19.5 Å². The number of aromatic carboxylic acids is 1. The standard InChI is InChI=1S/C15H19NO5/c1-20-6-2-7-21-8-5-16-13-4-3-11(15(18)19)9-12(13)10-14(16)17/h3-4,9H,2,5-8,10H2,1H3,(H,18,19). The van der Waals surface area contributed by atoms with Crippen molar-refractivity contribution in [2.75, 3.05) is 38.4 Å². The zero-order valence-electron chi connectivity index (χ0n) is 12.0. The Morgan fingerprint density at radius 2 is 2.14 bits per heavy atom. The number of carbonyl (C=O) groups excluding carboxylic acids is 1. The summed E-state index contributed by atoms with van der Waals surface area (Å²) < 4.78 is 10.4. The van der Waals surface area contributed by atoms with Crippen LogP contribution in [0.5, 0.6) is 0 Å². The molecule has 1 aromatic carbocycles. The smallest absolute Gasteiger partial charge is 0.335 e. The Balaban J connectivity index is 1.91. The number of amides is 1. The molecule has 0 fully saturated rings. The largest absolute Gasteiger partial charge is 0.478 e. The minimum atomic E-state index is -0.981. The van der Waals surface area contributed by atoms with Crippen molar-refractivity contribution < 1.29 is 24.2 Å². The Bertz CT molecular complexity index is 529. The highest BCUT2D eigenvalue weighted by atomic mass is 16.5. The summed E-state index contributed by atoms with van der Waals surface area (Å²) in [4.78, 5) is 24.6. The molecule has 1 aromatic rings. The molecule has 6 heteroatoms. The summed E-state index contributed by atoms with van der Waals surface area (Å²) in [5.41, 5.74) is 1.75. The fourth-order valence-corrected chi connectivity index (χ4v) is 2.32. The first-order valence-corrected chi connectivity index (χ1v) is 6.86. The Kier molecular flexibility index (Phi) is 5.30. The zero-order chi connectivity index (χ0) is 15.2. The van der Waals surface area contributed by atoms with E-state index in [1.807, 2.05) is 0 Å². The van der Waals surface area contributed by atoms with E-state index in [-0.39, 0.29) is 17.9 Å². The fraction of sp³-hybridized carbons (Fsp3) is 0.467. The van der Waals surface area contributed by atoms with E-state index in [0.29, 0.717) is 26.4 Å². The van der Waals surface area contributed by atoms with Crippen LogP contribution in [0.25, 0.3) is 0 Å². The average Bonchev–Trinajstić information content (AvgIpc) is 2.77. The van der Waals surface area contributed by atoms with Gasteiger partial charge in [-0.25, -0.2) is 4.79 Å². The lowest BCUT2D eigenvalue weighted by Gasteiger charge is -2.17. The first kappa shape index (κ1) is 15.5. The van der Waals surface area contributed by atoms with E-state index in [1.165, 1.54) is 6.07 Å². The van der Waals surface area contributed by atoms with Gasteiger partial charge in [0.25, 0.3) is 0 Å². The van der Waals surface area contributed by atoms with Crippen LogP contribution in [-0.2, 0) is 20.7 Å². The minimum Gasteiger partial charge on any atom is -0.478 e. The minimum absolute atomic E-state index is 0.0203. The molecule has 6 nitrogen and oxygen atoms in total. The van der Waals surface area contributed by atoms with Gasteiger partial charge in [-0.2, -0.15) is 0 Å². The Hall–Kier alpha value is -1.92. The molecule has 0 aromatic heterocycles. The van der Waals surface area contributed by atoms with Crippen molar-refractivity contribution in [3.8, 4) is 0 Å². The second kappa shape index (κ2) is 7.19. The maximum Gasteiger partial charge on any atom is 0.335 e. The van der Waals surface area contributed by atoms with Gasteiger partial charge in [0.2, 0.25) is 5.91 Å². The molecule has 0 unspecified atom stereocenters. The predicted molar refractivity (Wildman–Crippen MR) is 76.8 cm³/mol. The van der Waals surface area contributed by atoms with Gasteiger partial charge in [-0.15, -0.1) is 0 Å². The van der Waals surface area contributed by atoms with Gasteiger partial charge in [0.15, 0.2) is 0 Å². The molecule has 1 aliphatic heterocycles. The number of hydrogen-bond donors (Lipinski definition) is 1. The van der Waals surface area contributed by atoms with Gasteiger partial charge in [-0.1, -0.05) is 0 Å². The molecular formula is C15H19NO5. The molecule has 0 atom stereocenters. The molecule has 0 bridgehead atoms. The van der Waals surface area contributed by atoms with Crippen molar-refractivity contribution in [1.29, 1.82) is 0 Å². The van der Waals surface area contributed by atoms with Gasteiger partial charge in [0, 0.05) is 32.6 Å². The SMILES string of the molecule is COCCCOCCN1C(=O)Cc2cc(C(=O)O)ccc21. The molecule has 114 valence electrons. The van der Waals surface area contributed by atoms with E-state index in [2.05, 4.69) is 0 Å². The zero-order valence-corrected chi connectivity index (χ0v) is 12.0. The molecule has 0 saturated heterocycles. The summed E-state index contributed by atoms with van der Waals surface area (Å²) in [6, 6.07) is 4.77. The van der Waals surface area contributed by atoms with Crippen molar-refractivity contribution in [1.82, 2.24) is 0 Å². The number of hydrogen-bond acceptors (Lipinski definition) is 4. The Morgan fingerprint density at radius 1 is 1.33 bits per heavy atom. The molecule has 1 aliphatic rings. The van der Waals surface area contributed by atoms with Gasteiger partial charge in [-0.3, -0.25) is 4.79 Å². The lowest BCUT2D eigenvalue weighted by Crippen LogP contribution is -2.30. The molecule has 0 aliphatic carbocycles. The van der Waals surface area contributed by atoms with Crippen LogP contribution in [0.1, 0.15) is 22.3 Å². The monoisotopic (exact) mass is 293 g/mol. The second-order valence-electron chi connectivity index (χ2n) is 4.83. The third-order valence-corrected chi connectivity index (χ3v) is 3.36. The van der Waals surface area contributed by atoms with E-state index in [4.69, 9.17) is 14.6 Å². The summed E-state index contributed by atoms with van der Waals surface area (Å²) in [7, 11) is 1.64. The number of benzene rings is 1. The topological polar surface area (TPSA) is 76.1 Å². The molecule has 0 saturated carbocycles. The van der Waals surface area contributed by atoms with Crippen LogP contribution < -0.4 is 4.90 Å². The molecule has 1 N–H and O–H groups in total. The number of anilines is 1.